The number of nitrogens with one attached hydrogen (secondary N) is 1. The summed E-state index contributed by atoms with van der Waals surface area (Å²) in [6, 6.07) is 4.99. The summed E-state index contributed by atoms with van der Waals surface area (Å²) in [7, 11) is 0. The van der Waals surface area contributed by atoms with Crippen molar-refractivity contribution < 1.29 is 9.84 Å². The Balaban J connectivity index is 2.43. The maximum Gasteiger partial charge on any atom is 0.258 e. The fourth-order valence-corrected chi connectivity index (χ4v) is 1.30. The zero-order chi connectivity index (χ0) is 10.7. The lowest BCUT2D eigenvalue weighted by atomic mass is 10.2. The van der Waals surface area contributed by atoms with Gasteiger partial charge in [0.25, 0.3) is 5.56 Å². The van der Waals surface area contributed by atoms with Crippen LogP contribution in [0.3, 0.4) is 0 Å². The molecule has 0 bridgehead atoms. The van der Waals surface area contributed by atoms with E-state index in [1.165, 1.54) is 6.33 Å². The number of aromatic nitrogens is 2. The number of hydrogen-bond donors (Lipinski definition) is 2. The van der Waals surface area contributed by atoms with Crippen LogP contribution in [0.15, 0.2) is 29.3 Å². The second-order valence-corrected chi connectivity index (χ2v) is 2.98. The first-order valence-electron chi connectivity index (χ1n) is 4.52. The molecule has 5 nitrogen and oxygen atoms in total. The lowest BCUT2D eigenvalue weighted by Crippen LogP contribution is -2.06. The van der Waals surface area contributed by atoms with E-state index in [1.54, 1.807) is 18.2 Å². The largest absolute Gasteiger partial charge is 0.491 e. The highest BCUT2D eigenvalue weighted by Crippen LogP contribution is 2.15. The highest BCUT2D eigenvalue weighted by molar-refractivity contribution is 5.78. The van der Waals surface area contributed by atoms with Crippen LogP contribution in [0.25, 0.3) is 10.9 Å². The first-order chi connectivity index (χ1) is 7.31. The van der Waals surface area contributed by atoms with Crippen molar-refractivity contribution in [3.63, 3.8) is 0 Å². The van der Waals surface area contributed by atoms with Gasteiger partial charge >= 0.3 is 0 Å². The number of aliphatic hydroxyl groups is 1. The fraction of sp³-hybridized carbons (Fsp3) is 0.200. The Morgan fingerprint density at radius 2 is 2.33 bits per heavy atom. The molecule has 0 aliphatic heterocycles. The molecule has 2 N–H and O–H groups in total. The SMILES string of the molecule is O=c1[nH]cnc2cc(OCCO)ccc12. The molecule has 78 valence electrons. The van der Waals surface area contributed by atoms with Crippen molar-refractivity contribution in [2.45, 2.75) is 0 Å². The monoisotopic (exact) mass is 206 g/mol. The van der Waals surface area contributed by atoms with Crippen molar-refractivity contribution in [2.24, 2.45) is 0 Å². The minimum Gasteiger partial charge on any atom is -0.491 e. The summed E-state index contributed by atoms with van der Waals surface area (Å²) >= 11 is 0. The topological polar surface area (TPSA) is 75.2 Å². The number of H-pyrrole nitrogens is 1. The molecule has 1 heterocycles. The Bertz CT molecular complexity index is 521. The maximum atomic E-state index is 11.3. The summed E-state index contributed by atoms with van der Waals surface area (Å²) in [6.45, 7) is 0.190. The van der Waals surface area contributed by atoms with Crippen molar-refractivity contribution in [3.8, 4) is 5.75 Å². The van der Waals surface area contributed by atoms with Crippen molar-refractivity contribution in [2.75, 3.05) is 13.2 Å². The van der Waals surface area contributed by atoms with Gasteiger partial charge in [0, 0.05) is 6.07 Å². The van der Waals surface area contributed by atoms with E-state index >= 15 is 0 Å². The molecule has 0 radical (unpaired) electrons. The van der Waals surface area contributed by atoms with E-state index in [4.69, 9.17) is 9.84 Å². The lowest BCUT2D eigenvalue weighted by molar-refractivity contribution is 0.201. The van der Waals surface area contributed by atoms with Gasteiger partial charge in [0.15, 0.2) is 0 Å². The van der Waals surface area contributed by atoms with Crippen molar-refractivity contribution in [3.05, 3.63) is 34.9 Å². The normalized spacial score (nSPS) is 10.5. The molecule has 1 aromatic carbocycles. The summed E-state index contributed by atoms with van der Waals surface area (Å²) in [5, 5.41) is 9.11. The Morgan fingerprint density at radius 1 is 1.47 bits per heavy atom. The average Bonchev–Trinajstić information content (AvgIpc) is 2.26. The van der Waals surface area contributed by atoms with Crippen molar-refractivity contribution in [1.82, 2.24) is 9.97 Å². The number of hydrogen-bond acceptors (Lipinski definition) is 4. The number of benzene rings is 1. The van der Waals surface area contributed by atoms with Crippen LogP contribution in [0.2, 0.25) is 0 Å². The molecule has 0 aliphatic rings. The molecule has 15 heavy (non-hydrogen) atoms. The van der Waals surface area contributed by atoms with Gasteiger partial charge in [-0.25, -0.2) is 4.98 Å². The van der Waals surface area contributed by atoms with Gasteiger partial charge in [-0.1, -0.05) is 0 Å². The molecule has 2 rings (SSSR count). The molecule has 0 aliphatic carbocycles. The molecule has 0 fully saturated rings. The van der Waals surface area contributed by atoms with Gasteiger partial charge in [0.1, 0.15) is 12.4 Å². The van der Waals surface area contributed by atoms with Gasteiger partial charge in [-0.2, -0.15) is 0 Å². The molecule has 0 unspecified atom stereocenters. The number of aliphatic hydroxyl groups excluding tert-OH is 1. The second kappa shape index (κ2) is 4.10. The second-order valence-electron chi connectivity index (χ2n) is 2.98. The van der Waals surface area contributed by atoms with Crippen LogP contribution in [0.5, 0.6) is 5.75 Å². The molecule has 2 aromatic rings. The standard InChI is InChI=1S/C10H10N2O3/c13-3-4-15-7-1-2-8-9(5-7)11-6-12-10(8)14/h1-2,5-6,13H,3-4H2,(H,11,12,14). The van der Waals surface area contributed by atoms with E-state index in [1.807, 2.05) is 0 Å². The molecule has 0 amide bonds. The van der Waals surface area contributed by atoms with E-state index in [-0.39, 0.29) is 18.8 Å². The minimum atomic E-state index is -0.172. The first kappa shape index (κ1) is 9.67. The molecule has 1 aromatic heterocycles. The summed E-state index contributed by atoms with van der Waals surface area (Å²) < 4.78 is 5.20. The number of fused-ring (bicyclic) bond motifs is 1. The molecular weight excluding hydrogens is 196 g/mol. The van der Waals surface area contributed by atoms with E-state index in [9.17, 15) is 4.79 Å². The van der Waals surface area contributed by atoms with Crippen molar-refractivity contribution >= 4 is 10.9 Å². The Hall–Kier alpha value is -1.88. The average molecular weight is 206 g/mol. The van der Waals surface area contributed by atoms with Crippen LogP contribution in [0.4, 0.5) is 0 Å². The third-order valence-electron chi connectivity index (χ3n) is 1.97. The fourth-order valence-electron chi connectivity index (χ4n) is 1.30. The van der Waals surface area contributed by atoms with E-state index in [0.717, 1.165) is 0 Å². The lowest BCUT2D eigenvalue weighted by Gasteiger charge is -2.04. The Labute approximate surface area is 85.4 Å². The van der Waals surface area contributed by atoms with Crippen LogP contribution in [-0.4, -0.2) is 28.3 Å². The Morgan fingerprint density at radius 3 is 3.13 bits per heavy atom. The van der Waals surface area contributed by atoms with Gasteiger partial charge in [-0.15, -0.1) is 0 Å². The third kappa shape index (κ3) is 1.97. The predicted octanol–water partition coefficient (Wildman–Crippen LogP) is 0.294. The van der Waals surface area contributed by atoms with Crippen LogP contribution in [-0.2, 0) is 0 Å². The van der Waals surface area contributed by atoms with Gasteiger partial charge in [-0.3, -0.25) is 4.79 Å². The molecule has 5 heteroatoms. The van der Waals surface area contributed by atoms with Gasteiger partial charge < -0.3 is 14.8 Å². The maximum absolute atomic E-state index is 11.3. The molecular formula is C10H10N2O3. The molecule has 0 saturated heterocycles. The summed E-state index contributed by atoms with van der Waals surface area (Å²) in [5.41, 5.74) is 0.405. The van der Waals surface area contributed by atoms with Gasteiger partial charge in [0.05, 0.1) is 23.8 Å². The number of aromatic amines is 1. The molecule has 0 spiro atoms. The highest BCUT2D eigenvalue weighted by atomic mass is 16.5. The highest BCUT2D eigenvalue weighted by Gasteiger charge is 2.00. The smallest absolute Gasteiger partial charge is 0.258 e. The molecule has 0 saturated carbocycles. The quantitative estimate of drug-likeness (QED) is 0.757. The summed E-state index contributed by atoms with van der Waals surface area (Å²) in [6.07, 6.45) is 1.35. The zero-order valence-electron chi connectivity index (χ0n) is 7.93. The van der Waals surface area contributed by atoms with Gasteiger partial charge in [0.2, 0.25) is 0 Å². The molecule has 0 atom stereocenters. The van der Waals surface area contributed by atoms with Crippen LogP contribution in [0, 0.1) is 0 Å². The third-order valence-corrected chi connectivity index (χ3v) is 1.97. The minimum absolute atomic E-state index is 0.0408. The van der Waals surface area contributed by atoms with Crippen molar-refractivity contribution in [1.29, 1.82) is 0 Å². The summed E-state index contributed by atoms with van der Waals surface area (Å²) in [4.78, 5) is 17.8. The van der Waals surface area contributed by atoms with Crippen LogP contribution in [0.1, 0.15) is 0 Å². The first-order valence-corrected chi connectivity index (χ1v) is 4.52. The number of nitrogens with zero attached hydrogens (tertiary/aromatic N) is 1. The summed E-state index contributed by atoms with van der Waals surface area (Å²) in [5.74, 6) is 0.592. The Kier molecular flexibility index (Phi) is 2.64. The zero-order valence-corrected chi connectivity index (χ0v) is 7.93. The van der Waals surface area contributed by atoms with E-state index in [2.05, 4.69) is 9.97 Å². The predicted molar refractivity (Wildman–Crippen MR) is 54.9 cm³/mol. The number of ether oxygens (including phenoxy) is 1. The van der Waals surface area contributed by atoms with Crippen LogP contribution >= 0.6 is 0 Å². The van der Waals surface area contributed by atoms with E-state index in [0.29, 0.717) is 16.7 Å². The number of rotatable bonds is 3. The van der Waals surface area contributed by atoms with E-state index < -0.39 is 0 Å². The van der Waals surface area contributed by atoms with Gasteiger partial charge in [-0.05, 0) is 12.1 Å². The van der Waals surface area contributed by atoms with Crippen LogP contribution < -0.4 is 10.3 Å².